The second-order valence-corrected chi connectivity index (χ2v) is 3.64. The summed E-state index contributed by atoms with van der Waals surface area (Å²) >= 11 is 0. The minimum atomic E-state index is -0.449. The molecule has 0 radical (unpaired) electrons. The lowest BCUT2D eigenvalue weighted by molar-refractivity contribution is -0.141. The lowest BCUT2D eigenvalue weighted by Gasteiger charge is -2.22. The Morgan fingerprint density at radius 3 is 2.94 bits per heavy atom. The first-order valence-corrected chi connectivity index (χ1v) is 5.50. The summed E-state index contributed by atoms with van der Waals surface area (Å²) in [5.41, 5.74) is 0. The molecule has 1 heterocycles. The summed E-state index contributed by atoms with van der Waals surface area (Å²) in [6.07, 6.45) is 1.70. The van der Waals surface area contributed by atoms with Crippen LogP contribution in [0, 0.1) is 0 Å². The molecule has 0 aromatic heterocycles. The smallest absolute Gasteiger partial charge is 0.325 e. The third-order valence-electron chi connectivity index (χ3n) is 2.54. The average Bonchev–Trinajstić information content (AvgIpc) is 2.74. The molecule has 0 bridgehead atoms. The summed E-state index contributed by atoms with van der Waals surface area (Å²) in [4.78, 5) is 24.2. The Morgan fingerprint density at radius 2 is 2.31 bits per heavy atom. The maximum absolute atomic E-state index is 11.6. The topological polar surface area (TPSA) is 78.9 Å². The molecular weight excluding hydrogens is 212 g/mol. The molecule has 16 heavy (non-hydrogen) atoms. The van der Waals surface area contributed by atoms with Crippen molar-refractivity contribution in [3.05, 3.63) is 0 Å². The highest BCUT2D eigenvalue weighted by Crippen LogP contribution is 2.16. The average molecular weight is 230 g/mol. The molecule has 6 nitrogen and oxygen atoms in total. The van der Waals surface area contributed by atoms with Gasteiger partial charge in [0.2, 0.25) is 0 Å². The number of amides is 2. The van der Waals surface area contributed by atoms with E-state index in [-0.39, 0.29) is 25.2 Å². The highest BCUT2D eigenvalue weighted by Gasteiger charge is 2.28. The standard InChI is InChI=1S/C10H18N2O4/c1-2-16-9(14)6-11-10(15)12-5-3-4-8(12)7-13/h8,13H,2-7H2,1H3,(H,11,15). The van der Waals surface area contributed by atoms with Crippen molar-refractivity contribution in [2.45, 2.75) is 25.8 Å². The van der Waals surface area contributed by atoms with Gasteiger partial charge in [0, 0.05) is 6.54 Å². The van der Waals surface area contributed by atoms with E-state index in [1.54, 1.807) is 11.8 Å². The van der Waals surface area contributed by atoms with Crippen LogP contribution in [0.4, 0.5) is 4.79 Å². The molecule has 1 rings (SSSR count). The van der Waals surface area contributed by atoms with Crippen molar-refractivity contribution in [2.24, 2.45) is 0 Å². The fraction of sp³-hybridized carbons (Fsp3) is 0.800. The van der Waals surface area contributed by atoms with E-state index in [0.717, 1.165) is 12.8 Å². The summed E-state index contributed by atoms with van der Waals surface area (Å²) in [6.45, 7) is 2.48. The van der Waals surface area contributed by atoms with Gasteiger partial charge in [-0.15, -0.1) is 0 Å². The number of carbonyl (C=O) groups excluding carboxylic acids is 2. The molecule has 6 heteroatoms. The number of hydrogen-bond acceptors (Lipinski definition) is 4. The third-order valence-corrected chi connectivity index (χ3v) is 2.54. The van der Waals surface area contributed by atoms with Gasteiger partial charge in [0.05, 0.1) is 19.3 Å². The molecular formula is C10H18N2O4. The number of urea groups is 1. The van der Waals surface area contributed by atoms with Gasteiger partial charge in [-0.1, -0.05) is 0 Å². The Labute approximate surface area is 94.6 Å². The molecule has 0 aliphatic carbocycles. The van der Waals surface area contributed by atoms with E-state index in [1.165, 1.54) is 0 Å². The van der Waals surface area contributed by atoms with E-state index >= 15 is 0 Å². The fourth-order valence-corrected chi connectivity index (χ4v) is 1.75. The van der Waals surface area contributed by atoms with Crippen LogP contribution in [0.15, 0.2) is 0 Å². The van der Waals surface area contributed by atoms with E-state index in [9.17, 15) is 9.59 Å². The molecule has 0 aromatic carbocycles. The van der Waals surface area contributed by atoms with Gasteiger partial charge in [0.15, 0.2) is 0 Å². The highest BCUT2D eigenvalue weighted by molar-refractivity contribution is 5.81. The van der Waals surface area contributed by atoms with E-state index < -0.39 is 5.97 Å². The zero-order valence-electron chi connectivity index (χ0n) is 9.44. The molecule has 2 N–H and O–H groups in total. The van der Waals surface area contributed by atoms with Crippen LogP contribution in [0.1, 0.15) is 19.8 Å². The van der Waals surface area contributed by atoms with Crippen LogP contribution in [0.2, 0.25) is 0 Å². The second kappa shape index (κ2) is 6.32. The van der Waals surface area contributed by atoms with Crippen LogP contribution in [0.25, 0.3) is 0 Å². The number of hydrogen-bond donors (Lipinski definition) is 2. The van der Waals surface area contributed by atoms with Gasteiger partial charge in [-0.25, -0.2) is 4.79 Å². The molecule has 1 unspecified atom stereocenters. The van der Waals surface area contributed by atoms with Gasteiger partial charge in [-0.3, -0.25) is 4.79 Å². The molecule has 1 fully saturated rings. The summed E-state index contributed by atoms with van der Waals surface area (Å²) in [5.74, 6) is -0.449. The lowest BCUT2D eigenvalue weighted by Crippen LogP contribution is -2.45. The summed E-state index contributed by atoms with van der Waals surface area (Å²) in [5, 5.41) is 11.5. The van der Waals surface area contributed by atoms with Crippen LogP contribution in [0.5, 0.6) is 0 Å². The first-order chi connectivity index (χ1) is 7.69. The van der Waals surface area contributed by atoms with Crippen molar-refractivity contribution < 1.29 is 19.4 Å². The quantitative estimate of drug-likeness (QED) is 0.651. The Balaban J connectivity index is 2.31. The van der Waals surface area contributed by atoms with Gasteiger partial charge >= 0.3 is 12.0 Å². The lowest BCUT2D eigenvalue weighted by atomic mass is 10.2. The van der Waals surface area contributed by atoms with Crippen molar-refractivity contribution in [1.82, 2.24) is 10.2 Å². The maximum Gasteiger partial charge on any atom is 0.325 e. The Morgan fingerprint density at radius 1 is 1.56 bits per heavy atom. The Kier molecular flexibility index (Phi) is 5.04. The molecule has 2 amide bonds. The number of nitrogens with one attached hydrogen (secondary N) is 1. The van der Waals surface area contributed by atoms with Crippen molar-refractivity contribution >= 4 is 12.0 Å². The number of aliphatic hydroxyl groups excluding tert-OH is 1. The SMILES string of the molecule is CCOC(=O)CNC(=O)N1CCCC1CO. The molecule has 1 aliphatic rings. The molecule has 0 saturated carbocycles. The van der Waals surface area contributed by atoms with Gasteiger partial charge in [-0.2, -0.15) is 0 Å². The monoisotopic (exact) mass is 230 g/mol. The van der Waals surface area contributed by atoms with E-state index in [1.807, 2.05) is 0 Å². The zero-order valence-corrected chi connectivity index (χ0v) is 9.44. The molecule has 1 saturated heterocycles. The summed E-state index contributed by atoms with van der Waals surface area (Å²) in [6, 6.07) is -0.438. The van der Waals surface area contributed by atoms with Crippen molar-refractivity contribution in [3.8, 4) is 0 Å². The van der Waals surface area contributed by atoms with Crippen LogP contribution < -0.4 is 5.32 Å². The van der Waals surface area contributed by atoms with Gasteiger partial charge in [-0.05, 0) is 19.8 Å². The number of aliphatic hydroxyl groups is 1. The van der Waals surface area contributed by atoms with Crippen molar-refractivity contribution in [1.29, 1.82) is 0 Å². The second-order valence-electron chi connectivity index (χ2n) is 3.64. The van der Waals surface area contributed by atoms with Crippen LogP contribution in [-0.4, -0.2) is 54.4 Å². The fourth-order valence-electron chi connectivity index (χ4n) is 1.75. The molecule has 1 atom stereocenters. The van der Waals surface area contributed by atoms with E-state index in [2.05, 4.69) is 10.1 Å². The molecule has 0 aromatic rings. The Bertz CT molecular complexity index is 257. The summed E-state index contributed by atoms with van der Waals surface area (Å²) < 4.78 is 4.69. The van der Waals surface area contributed by atoms with Gasteiger partial charge < -0.3 is 20.1 Å². The van der Waals surface area contributed by atoms with E-state index in [0.29, 0.717) is 13.2 Å². The minimum absolute atomic E-state index is 0.0349. The van der Waals surface area contributed by atoms with Crippen molar-refractivity contribution in [2.75, 3.05) is 26.3 Å². The number of ether oxygens (including phenoxy) is 1. The normalized spacial score (nSPS) is 19.6. The van der Waals surface area contributed by atoms with Crippen molar-refractivity contribution in [3.63, 3.8) is 0 Å². The molecule has 1 aliphatic heterocycles. The van der Waals surface area contributed by atoms with Gasteiger partial charge in [0.1, 0.15) is 6.54 Å². The first kappa shape index (κ1) is 12.8. The number of esters is 1. The Hall–Kier alpha value is -1.30. The number of likely N-dealkylation sites (tertiary alicyclic amines) is 1. The predicted octanol–water partition coefficient (Wildman–Crippen LogP) is -0.284. The van der Waals surface area contributed by atoms with Crippen LogP contribution in [-0.2, 0) is 9.53 Å². The van der Waals surface area contributed by atoms with Gasteiger partial charge in [0.25, 0.3) is 0 Å². The zero-order chi connectivity index (χ0) is 12.0. The number of nitrogens with zero attached hydrogens (tertiary/aromatic N) is 1. The third kappa shape index (κ3) is 3.37. The summed E-state index contributed by atoms with van der Waals surface area (Å²) in [7, 11) is 0. The van der Waals surface area contributed by atoms with Crippen LogP contribution in [0.3, 0.4) is 0 Å². The number of carbonyl (C=O) groups is 2. The molecule has 0 spiro atoms. The number of rotatable bonds is 4. The maximum atomic E-state index is 11.6. The first-order valence-electron chi connectivity index (χ1n) is 5.50. The predicted molar refractivity (Wildman–Crippen MR) is 56.8 cm³/mol. The highest BCUT2D eigenvalue weighted by atomic mass is 16.5. The molecule has 92 valence electrons. The minimum Gasteiger partial charge on any atom is -0.465 e. The van der Waals surface area contributed by atoms with E-state index in [4.69, 9.17) is 5.11 Å². The van der Waals surface area contributed by atoms with Crippen LogP contribution >= 0.6 is 0 Å². The largest absolute Gasteiger partial charge is 0.465 e.